The van der Waals surface area contributed by atoms with Crippen LogP contribution in [0.4, 0.5) is 18.9 Å². The highest BCUT2D eigenvalue weighted by atomic mass is 19.4. The molecule has 2 aromatic carbocycles. The molecule has 5 heteroatoms. The van der Waals surface area contributed by atoms with Crippen LogP contribution in [0, 0.1) is 11.3 Å². The molecule has 0 aliphatic heterocycles. The summed E-state index contributed by atoms with van der Waals surface area (Å²) in [7, 11) is 0. The van der Waals surface area contributed by atoms with Gasteiger partial charge >= 0.3 is 6.18 Å². The number of alkyl halides is 3. The van der Waals surface area contributed by atoms with Gasteiger partial charge in [-0.05, 0) is 48.9 Å². The average Bonchev–Trinajstić information content (AvgIpc) is 2.47. The van der Waals surface area contributed by atoms with E-state index in [9.17, 15) is 13.2 Å². The van der Waals surface area contributed by atoms with E-state index in [0.29, 0.717) is 11.3 Å². The van der Waals surface area contributed by atoms with Crippen LogP contribution in [0.25, 0.3) is 0 Å². The fourth-order valence-corrected chi connectivity index (χ4v) is 1.94. The van der Waals surface area contributed by atoms with Crippen molar-refractivity contribution < 1.29 is 13.2 Å². The van der Waals surface area contributed by atoms with E-state index in [4.69, 9.17) is 5.26 Å². The highest BCUT2D eigenvalue weighted by Crippen LogP contribution is 2.30. The van der Waals surface area contributed by atoms with Gasteiger partial charge in [-0.25, -0.2) is 0 Å². The smallest absolute Gasteiger partial charge is 0.379 e. The zero-order chi connectivity index (χ0) is 15.5. The number of nitrogens with zero attached hydrogens (tertiary/aromatic N) is 1. The van der Waals surface area contributed by atoms with E-state index < -0.39 is 11.7 Å². The van der Waals surface area contributed by atoms with Gasteiger partial charge in [-0.1, -0.05) is 12.1 Å². The number of hydrogen-bond donors (Lipinski definition) is 1. The molecule has 0 saturated carbocycles. The van der Waals surface area contributed by atoms with Gasteiger partial charge < -0.3 is 5.32 Å². The predicted molar refractivity (Wildman–Crippen MR) is 74.6 cm³/mol. The van der Waals surface area contributed by atoms with Crippen LogP contribution < -0.4 is 5.32 Å². The number of halogens is 3. The molecule has 0 aliphatic carbocycles. The molecule has 0 radical (unpaired) electrons. The van der Waals surface area contributed by atoms with Crippen LogP contribution in [0.15, 0.2) is 48.5 Å². The monoisotopic (exact) mass is 290 g/mol. The molecule has 108 valence electrons. The Hall–Kier alpha value is -2.48. The largest absolute Gasteiger partial charge is 0.416 e. The molecule has 0 spiro atoms. The summed E-state index contributed by atoms with van der Waals surface area (Å²) in [6.07, 6.45) is -4.32. The van der Waals surface area contributed by atoms with Crippen molar-refractivity contribution >= 4 is 5.69 Å². The number of hydrogen-bond acceptors (Lipinski definition) is 2. The summed E-state index contributed by atoms with van der Waals surface area (Å²) in [5.41, 5.74) is 1.47. The molecule has 2 aromatic rings. The summed E-state index contributed by atoms with van der Waals surface area (Å²) < 4.78 is 37.4. The normalized spacial score (nSPS) is 12.5. The van der Waals surface area contributed by atoms with Crippen molar-refractivity contribution in [1.29, 1.82) is 5.26 Å². The maximum absolute atomic E-state index is 12.5. The van der Waals surface area contributed by atoms with Crippen molar-refractivity contribution in [1.82, 2.24) is 0 Å². The second-order valence-corrected chi connectivity index (χ2v) is 4.67. The van der Waals surface area contributed by atoms with Gasteiger partial charge in [-0.15, -0.1) is 0 Å². The quantitative estimate of drug-likeness (QED) is 0.885. The molecule has 0 aliphatic rings. The molecule has 0 amide bonds. The van der Waals surface area contributed by atoms with E-state index in [0.717, 1.165) is 17.7 Å². The summed E-state index contributed by atoms with van der Waals surface area (Å²) in [4.78, 5) is 0. The van der Waals surface area contributed by atoms with Gasteiger partial charge in [0.25, 0.3) is 0 Å². The number of nitriles is 1. The fourth-order valence-electron chi connectivity index (χ4n) is 1.94. The lowest BCUT2D eigenvalue weighted by Crippen LogP contribution is -2.08. The molecular weight excluding hydrogens is 277 g/mol. The molecule has 2 rings (SSSR count). The van der Waals surface area contributed by atoms with Crippen LogP contribution in [0.5, 0.6) is 0 Å². The maximum atomic E-state index is 12.5. The van der Waals surface area contributed by atoms with Crippen LogP contribution in [0.1, 0.15) is 29.7 Å². The van der Waals surface area contributed by atoms with E-state index >= 15 is 0 Å². The van der Waals surface area contributed by atoms with E-state index in [1.807, 2.05) is 25.1 Å². The molecule has 1 N–H and O–H groups in total. The van der Waals surface area contributed by atoms with Crippen molar-refractivity contribution in [3.63, 3.8) is 0 Å². The molecule has 0 saturated heterocycles. The Kier molecular flexibility index (Phi) is 4.18. The zero-order valence-corrected chi connectivity index (χ0v) is 11.3. The Morgan fingerprint density at radius 3 is 2.05 bits per heavy atom. The maximum Gasteiger partial charge on any atom is 0.416 e. The van der Waals surface area contributed by atoms with Gasteiger partial charge in [0.05, 0.1) is 17.2 Å². The number of rotatable bonds is 3. The van der Waals surface area contributed by atoms with Crippen molar-refractivity contribution in [2.24, 2.45) is 0 Å². The van der Waals surface area contributed by atoms with E-state index in [-0.39, 0.29) is 6.04 Å². The third kappa shape index (κ3) is 3.76. The minimum Gasteiger partial charge on any atom is -0.379 e. The Morgan fingerprint density at radius 2 is 1.57 bits per heavy atom. The first kappa shape index (κ1) is 14.9. The molecule has 0 heterocycles. The minimum absolute atomic E-state index is 0.0746. The number of benzene rings is 2. The van der Waals surface area contributed by atoms with Crippen LogP contribution >= 0.6 is 0 Å². The summed E-state index contributed by atoms with van der Waals surface area (Å²) in [5, 5.41) is 11.9. The lowest BCUT2D eigenvalue weighted by molar-refractivity contribution is -0.137. The Labute approximate surface area is 120 Å². The first-order valence-electron chi connectivity index (χ1n) is 6.34. The molecule has 0 fully saturated rings. The Bertz CT molecular complexity index is 637. The Balaban J connectivity index is 2.08. The molecular formula is C16H13F3N2. The summed E-state index contributed by atoms with van der Waals surface area (Å²) >= 11 is 0. The number of nitrogens with one attached hydrogen (secondary N) is 1. The van der Waals surface area contributed by atoms with Crippen LogP contribution in [-0.2, 0) is 6.18 Å². The standard InChI is InChI=1S/C16H13F3N2/c1-11(13-4-2-12(10-20)3-5-13)21-15-8-6-14(7-9-15)16(17,18)19/h2-9,11,21H,1H3. The third-order valence-corrected chi connectivity index (χ3v) is 3.14. The second-order valence-electron chi connectivity index (χ2n) is 4.67. The summed E-state index contributed by atoms with van der Waals surface area (Å²) in [6, 6.07) is 13.9. The molecule has 2 nitrogen and oxygen atoms in total. The molecule has 1 unspecified atom stereocenters. The van der Waals surface area contributed by atoms with Crippen LogP contribution in [0.3, 0.4) is 0 Å². The zero-order valence-electron chi connectivity index (χ0n) is 11.3. The van der Waals surface area contributed by atoms with Crippen molar-refractivity contribution in [3.8, 4) is 6.07 Å². The summed E-state index contributed by atoms with van der Waals surface area (Å²) in [5.74, 6) is 0. The topological polar surface area (TPSA) is 35.8 Å². The van der Waals surface area contributed by atoms with Crippen LogP contribution in [0.2, 0.25) is 0 Å². The van der Waals surface area contributed by atoms with Gasteiger partial charge in [0.1, 0.15) is 0 Å². The lowest BCUT2D eigenvalue weighted by Gasteiger charge is -2.16. The predicted octanol–water partition coefficient (Wildman–Crippen LogP) is 4.75. The molecule has 0 aromatic heterocycles. The van der Waals surface area contributed by atoms with Gasteiger partial charge in [0, 0.05) is 11.7 Å². The highest BCUT2D eigenvalue weighted by Gasteiger charge is 2.29. The van der Waals surface area contributed by atoms with Gasteiger partial charge in [0.15, 0.2) is 0 Å². The first-order chi connectivity index (χ1) is 9.90. The van der Waals surface area contributed by atoms with E-state index in [1.165, 1.54) is 12.1 Å². The summed E-state index contributed by atoms with van der Waals surface area (Å²) in [6.45, 7) is 1.90. The van der Waals surface area contributed by atoms with Crippen molar-refractivity contribution in [2.75, 3.05) is 5.32 Å². The molecule has 21 heavy (non-hydrogen) atoms. The first-order valence-corrected chi connectivity index (χ1v) is 6.34. The van der Waals surface area contributed by atoms with Gasteiger partial charge in [-0.3, -0.25) is 0 Å². The fraction of sp³-hybridized carbons (Fsp3) is 0.188. The molecule has 0 bridgehead atoms. The Morgan fingerprint density at radius 1 is 1.00 bits per heavy atom. The van der Waals surface area contributed by atoms with Gasteiger partial charge in [-0.2, -0.15) is 18.4 Å². The highest BCUT2D eigenvalue weighted by molar-refractivity contribution is 5.47. The average molecular weight is 290 g/mol. The third-order valence-electron chi connectivity index (χ3n) is 3.14. The van der Waals surface area contributed by atoms with Crippen molar-refractivity contribution in [2.45, 2.75) is 19.1 Å². The lowest BCUT2D eigenvalue weighted by atomic mass is 10.1. The minimum atomic E-state index is -4.32. The SMILES string of the molecule is CC(Nc1ccc(C(F)(F)F)cc1)c1ccc(C#N)cc1. The molecule has 1 atom stereocenters. The second kappa shape index (κ2) is 5.88. The number of anilines is 1. The van der Waals surface area contributed by atoms with Crippen molar-refractivity contribution in [3.05, 3.63) is 65.2 Å². The van der Waals surface area contributed by atoms with E-state index in [1.54, 1.807) is 12.1 Å². The van der Waals surface area contributed by atoms with Gasteiger partial charge in [0.2, 0.25) is 0 Å². The van der Waals surface area contributed by atoms with Crippen LogP contribution in [-0.4, -0.2) is 0 Å². The van der Waals surface area contributed by atoms with E-state index in [2.05, 4.69) is 5.32 Å².